The fourth-order valence-electron chi connectivity index (χ4n) is 4.14. The molecule has 4 rings (SSSR count). The minimum atomic E-state index is -0.956. The van der Waals surface area contributed by atoms with Gasteiger partial charge >= 0.3 is 5.97 Å². The molecule has 0 radical (unpaired) electrons. The second-order valence-electron chi connectivity index (χ2n) is 8.10. The molecule has 0 N–H and O–H groups in total. The molecule has 0 bridgehead atoms. The zero-order valence-electron chi connectivity index (χ0n) is 15.9. The highest BCUT2D eigenvalue weighted by atomic mass is 35.5. The van der Waals surface area contributed by atoms with Crippen LogP contribution in [0.1, 0.15) is 48.5 Å². The molecule has 0 amide bonds. The minimum absolute atomic E-state index is 0.160. The summed E-state index contributed by atoms with van der Waals surface area (Å²) in [6.07, 6.45) is 3.10. The van der Waals surface area contributed by atoms with E-state index in [1.807, 2.05) is 6.92 Å². The van der Waals surface area contributed by atoms with Crippen molar-refractivity contribution in [3.63, 3.8) is 0 Å². The lowest BCUT2D eigenvalue weighted by Crippen LogP contribution is -2.49. The standard InChI is InChI=1S/C20H25ClFNO4/c1-12-14(18(24)25-3)10-15(21)17-16(12)26-19(2,27-17)13-4-8-23(9-5-13)11-20(22)6-7-20/h10,13H,4-9,11H2,1-3H3. The quantitative estimate of drug-likeness (QED) is 0.715. The van der Waals surface area contributed by atoms with E-state index in [2.05, 4.69) is 4.90 Å². The molecule has 148 valence electrons. The number of halogens is 2. The molecule has 0 aromatic heterocycles. The van der Waals surface area contributed by atoms with Crippen molar-refractivity contribution in [2.75, 3.05) is 26.7 Å². The zero-order chi connectivity index (χ0) is 19.4. The van der Waals surface area contributed by atoms with Gasteiger partial charge in [0.05, 0.1) is 17.7 Å². The molecule has 1 aromatic rings. The van der Waals surface area contributed by atoms with Gasteiger partial charge in [0, 0.05) is 24.9 Å². The van der Waals surface area contributed by atoms with Crippen LogP contribution in [-0.2, 0) is 4.74 Å². The van der Waals surface area contributed by atoms with Crippen LogP contribution in [0.5, 0.6) is 11.5 Å². The lowest BCUT2D eigenvalue weighted by Gasteiger charge is -2.39. The SMILES string of the molecule is COC(=O)c1cc(Cl)c2c(c1C)OC(C)(C1CCN(CC3(F)CC3)CC1)O2. The van der Waals surface area contributed by atoms with Gasteiger partial charge in [-0.15, -0.1) is 0 Å². The predicted molar refractivity (Wildman–Crippen MR) is 99.4 cm³/mol. The molecule has 27 heavy (non-hydrogen) atoms. The van der Waals surface area contributed by atoms with E-state index in [0.29, 0.717) is 47.0 Å². The highest BCUT2D eigenvalue weighted by Gasteiger charge is 2.49. The molecular weight excluding hydrogens is 373 g/mol. The van der Waals surface area contributed by atoms with E-state index in [9.17, 15) is 9.18 Å². The van der Waals surface area contributed by atoms with Crippen molar-refractivity contribution in [1.82, 2.24) is 4.90 Å². The number of piperidine rings is 1. The van der Waals surface area contributed by atoms with Gasteiger partial charge in [0.15, 0.2) is 11.5 Å². The van der Waals surface area contributed by atoms with Gasteiger partial charge in [0.25, 0.3) is 5.79 Å². The Balaban J connectivity index is 1.49. The Kier molecular flexibility index (Phi) is 4.54. The number of likely N-dealkylation sites (tertiary alicyclic amines) is 1. The molecule has 2 aliphatic heterocycles. The average molecular weight is 398 g/mol. The molecule has 2 fully saturated rings. The highest BCUT2D eigenvalue weighted by molar-refractivity contribution is 6.32. The summed E-state index contributed by atoms with van der Waals surface area (Å²) >= 11 is 6.35. The molecule has 1 saturated carbocycles. The number of hydrogen-bond acceptors (Lipinski definition) is 5. The van der Waals surface area contributed by atoms with Gasteiger partial charge in [-0.25, -0.2) is 9.18 Å². The Morgan fingerprint density at radius 2 is 1.96 bits per heavy atom. The van der Waals surface area contributed by atoms with Crippen molar-refractivity contribution in [3.05, 3.63) is 22.2 Å². The van der Waals surface area contributed by atoms with Crippen LogP contribution in [0.2, 0.25) is 5.02 Å². The number of alkyl halides is 1. The maximum atomic E-state index is 14.0. The summed E-state index contributed by atoms with van der Waals surface area (Å²) in [6.45, 7) is 5.91. The first-order valence-electron chi connectivity index (χ1n) is 9.45. The maximum Gasteiger partial charge on any atom is 0.338 e. The summed E-state index contributed by atoms with van der Waals surface area (Å²) in [4.78, 5) is 14.2. The van der Waals surface area contributed by atoms with Gasteiger partial charge < -0.3 is 19.1 Å². The van der Waals surface area contributed by atoms with Crippen molar-refractivity contribution < 1.29 is 23.4 Å². The monoisotopic (exact) mass is 397 g/mol. The van der Waals surface area contributed by atoms with Crippen molar-refractivity contribution in [2.45, 2.75) is 51.0 Å². The maximum absolute atomic E-state index is 14.0. The third-order valence-corrected chi connectivity index (χ3v) is 6.36. The molecule has 0 spiro atoms. The topological polar surface area (TPSA) is 48.0 Å². The van der Waals surface area contributed by atoms with E-state index in [0.717, 1.165) is 25.9 Å². The number of methoxy groups -OCH3 is 1. The lowest BCUT2D eigenvalue weighted by molar-refractivity contribution is -0.125. The molecule has 5 nitrogen and oxygen atoms in total. The van der Waals surface area contributed by atoms with Gasteiger partial charge in [-0.05, 0) is 51.8 Å². The van der Waals surface area contributed by atoms with E-state index in [1.54, 1.807) is 13.0 Å². The molecular formula is C20H25ClFNO4. The first-order chi connectivity index (χ1) is 12.7. The fraction of sp³-hybridized carbons (Fsp3) is 0.650. The summed E-state index contributed by atoms with van der Waals surface area (Å²) in [6, 6.07) is 1.57. The van der Waals surface area contributed by atoms with Crippen LogP contribution < -0.4 is 9.47 Å². The molecule has 7 heteroatoms. The normalized spacial score (nSPS) is 26.9. The Bertz CT molecular complexity index is 774. The van der Waals surface area contributed by atoms with Crippen LogP contribution in [0.15, 0.2) is 6.07 Å². The van der Waals surface area contributed by atoms with Crippen molar-refractivity contribution >= 4 is 17.6 Å². The third kappa shape index (κ3) is 3.38. The second-order valence-corrected chi connectivity index (χ2v) is 8.51. The molecule has 1 unspecified atom stereocenters. The van der Waals surface area contributed by atoms with Crippen LogP contribution in [0.25, 0.3) is 0 Å². The second kappa shape index (κ2) is 6.52. The molecule has 3 aliphatic rings. The van der Waals surface area contributed by atoms with Gasteiger partial charge in [-0.2, -0.15) is 0 Å². The van der Waals surface area contributed by atoms with E-state index in [4.69, 9.17) is 25.8 Å². The molecule has 1 saturated heterocycles. The Morgan fingerprint density at radius 3 is 2.56 bits per heavy atom. The number of carbonyl (C=O) groups is 1. The number of rotatable bonds is 4. The van der Waals surface area contributed by atoms with Crippen LogP contribution in [-0.4, -0.2) is 49.1 Å². The molecule has 1 atom stereocenters. The van der Waals surface area contributed by atoms with E-state index in [1.165, 1.54) is 7.11 Å². The van der Waals surface area contributed by atoms with Crippen molar-refractivity contribution in [3.8, 4) is 11.5 Å². The van der Waals surface area contributed by atoms with Gasteiger partial charge in [0.2, 0.25) is 0 Å². The summed E-state index contributed by atoms with van der Waals surface area (Å²) in [5, 5.41) is 0.338. The number of ether oxygens (including phenoxy) is 3. The fourth-order valence-corrected chi connectivity index (χ4v) is 4.38. The summed E-state index contributed by atoms with van der Waals surface area (Å²) in [5.74, 6) is -0.151. The van der Waals surface area contributed by atoms with Crippen LogP contribution in [0.4, 0.5) is 4.39 Å². The lowest BCUT2D eigenvalue weighted by atomic mass is 9.89. The van der Waals surface area contributed by atoms with Crippen molar-refractivity contribution in [2.24, 2.45) is 5.92 Å². The number of fused-ring (bicyclic) bond motifs is 1. The molecule has 1 aromatic carbocycles. The first-order valence-corrected chi connectivity index (χ1v) is 9.83. The van der Waals surface area contributed by atoms with Crippen LogP contribution >= 0.6 is 11.6 Å². The number of carbonyl (C=O) groups excluding carboxylic acids is 1. The van der Waals surface area contributed by atoms with Gasteiger partial charge in [-0.1, -0.05) is 11.6 Å². The number of hydrogen-bond donors (Lipinski definition) is 0. The zero-order valence-corrected chi connectivity index (χ0v) is 16.7. The van der Waals surface area contributed by atoms with Crippen molar-refractivity contribution in [1.29, 1.82) is 0 Å². The van der Waals surface area contributed by atoms with Gasteiger partial charge in [-0.3, -0.25) is 0 Å². The van der Waals surface area contributed by atoms with Crippen LogP contribution in [0, 0.1) is 12.8 Å². The average Bonchev–Trinajstić information content (AvgIpc) is 3.24. The summed E-state index contributed by atoms with van der Waals surface area (Å²) in [7, 11) is 1.33. The van der Waals surface area contributed by atoms with E-state index >= 15 is 0 Å². The minimum Gasteiger partial charge on any atom is -0.465 e. The Labute approximate surface area is 163 Å². The Morgan fingerprint density at radius 1 is 1.33 bits per heavy atom. The summed E-state index contributed by atoms with van der Waals surface area (Å²) < 4.78 is 31.2. The van der Waals surface area contributed by atoms with Crippen LogP contribution in [0.3, 0.4) is 0 Å². The molecule has 2 heterocycles. The highest BCUT2D eigenvalue weighted by Crippen LogP contribution is 2.51. The largest absolute Gasteiger partial charge is 0.465 e. The number of esters is 1. The number of nitrogens with zero attached hydrogens (tertiary/aromatic N) is 1. The smallest absolute Gasteiger partial charge is 0.338 e. The molecule has 1 aliphatic carbocycles. The van der Waals surface area contributed by atoms with E-state index < -0.39 is 17.4 Å². The third-order valence-electron chi connectivity index (χ3n) is 6.08. The Hall–Kier alpha value is -1.53. The summed E-state index contributed by atoms with van der Waals surface area (Å²) in [5.41, 5.74) is 0.0829. The van der Waals surface area contributed by atoms with Gasteiger partial charge in [0.1, 0.15) is 5.67 Å². The predicted octanol–water partition coefficient (Wildman–Crippen LogP) is 4.14. The van der Waals surface area contributed by atoms with E-state index in [-0.39, 0.29) is 5.92 Å². The first kappa shape index (κ1) is 18.8. The number of benzene rings is 1.